The fourth-order valence-corrected chi connectivity index (χ4v) is 3.47. The van der Waals surface area contributed by atoms with Crippen molar-refractivity contribution in [3.05, 3.63) is 23.2 Å². The van der Waals surface area contributed by atoms with E-state index in [0.29, 0.717) is 16.5 Å². The van der Waals surface area contributed by atoms with Crippen molar-refractivity contribution in [1.82, 2.24) is 0 Å². The van der Waals surface area contributed by atoms with Crippen LogP contribution < -0.4 is 15.8 Å². The highest BCUT2D eigenvalue weighted by molar-refractivity contribution is 7.90. The first-order valence-corrected chi connectivity index (χ1v) is 10.4. The van der Waals surface area contributed by atoms with E-state index < -0.39 is 21.8 Å². The summed E-state index contributed by atoms with van der Waals surface area (Å²) >= 11 is 6.20. The summed E-state index contributed by atoms with van der Waals surface area (Å²) in [5.41, 5.74) is 6.21. The molecule has 1 amide bonds. The molecule has 9 heteroatoms. The van der Waals surface area contributed by atoms with Gasteiger partial charge in [-0.25, -0.2) is 8.42 Å². The summed E-state index contributed by atoms with van der Waals surface area (Å²) in [6.45, 7) is 0. The van der Waals surface area contributed by atoms with Gasteiger partial charge in [0.25, 0.3) is 0 Å². The molecule has 0 heterocycles. The van der Waals surface area contributed by atoms with Crippen LogP contribution in [0.15, 0.2) is 18.2 Å². The number of hydrogen-bond donors (Lipinski definition) is 2. The maximum absolute atomic E-state index is 12.0. The Kier molecular flexibility index (Phi) is 8.47. The molecule has 1 fully saturated rings. The van der Waals surface area contributed by atoms with Crippen LogP contribution >= 0.6 is 24.0 Å². The zero-order chi connectivity index (χ0) is 17.7. The Morgan fingerprint density at radius 1 is 1.40 bits per heavy atom. The Bertz CT molecular complexity index is 691. The van der Waals surface area contributed by atoms with Crippen molar-refractivity contribution >= 4 is 45.4 Å². The Balaban J connectivity index is 0.00000312. The standard InChI is InChI=1S/C16H23ClN2O4S.ClH/c1-24(21,22)9-8-14(18)16(20)19-11-6-7-15(13(17)10-11)23-12-4-2-3-5-12;/h6-7,10,12,14H,2-5,8-9,18H2,1H3,(H,19,20);1H. The van der Waals surface area contributed by atoms with Crippen molar-refractivity contribution in [1.29, 1.82) is 0 Å². The number of nitrogens with two attached hydrogens (primary N) is 1. The normalized spacial score (nSPS) is 16.1. The first-order valence-electron chi connectivity index (χ1n) is 7.95. The number of rotatable bonds is 7. The molecule has 3 N–H and O–H groups in total. The lowest BCUT2D eigenvalue weighted by Gasteiger charge is -2.16. The van der Waals surface area contributed by atoms with E-state index in [-0.39, 0.29) is 30.7 Å². The van der Waals surface area contributed by atoms with Gasteiger partial charge in [-0.2, -0.15) is 0 Å². The Morgan fingerprint density at radius 2 is 2.04 bits per heavy atom. The Morgan fingerprint density at radius 3 is 2.60 bits per heavy atom. The van der Waals surface area contributed by atoms with Crippen LogP contribution in [0.2, 0.25) is 5.02 Å². The molecule has 1 saturated carbocycles. The number of amides is 1. The summed E-state index contributed by atoms with van der Waals surface area (Å²) in [4.78, 5) is 12.0. The van der Waals surface area contributed by atoms with E-state index in [0.717, 1.165) is 19.1 Å². The number of sulfone groups is 1. The lowest BCUT2D eigenvalue weighted by Crippen LogP contribution is -2.37. The van der Waals surface area contributed by atoms with Gasteiger partial charge < -0.3 is 15.8 Å². The number of carbonyl (C=O) groups is 1. The largest absolute Gasteiger partial charge is 0.489 e. The average molecular weight is 411 g/mol. The van der Waals surface area contributed by atoms with Gasteiger partial charge in [0, 0.05) is 11.9 Å². The molecule has 0 saturated heterocycles. The molecule has 1 aliphatic rings. The monoisotopic (exact) mass is 410 g/mol. The molecule has 0 aromatic heterocycles. The number of hydrogen-bond acceptors (Lipinski definition) is 5. The molecule has 1 atom stereocenters. The van der Waals surface area contributed by atoms with E-state index in [1.807, 2.05) is 0 Å². The van der Waals surface area contributed by atoms with E-state index in [9.17, 15) is 13.2 Å². The van der Waals surface area contributed by atoms with E-state index in [1.54, 1.807) is 18.2 Å². The van der Waals surface area contributed by atoms with Crippen LogP contribution in [0, 0.1) is 0 Å². The lowest BCUT2D eigenvalue weighted by molar-refractivity contribution is -0.117. The van der Waals surface area contributed by atoms with Gasteiger partial charge >= 0.3 is 0 Å². The first kappa shape index (κ1) is 22.0. The Labute approximate surface area is 159 Å². The summed E-state index contributed by atoms with van der Waals surface area (Å²) in [5, 5.41) is 3.06. The number of benzene rings is 1. The SMILES string of the molecule is CS(=O)(=O)CCC(N)C(=O)Nc1ccc(OC2CCCC2)c(Cl)c1.Cl. The molecule has 2 rings (SSSR count). The van der Waals surface area contributed by atoms with Crippen LogP contribution in [-0.4, -0.2) is 38.5 Å². The molecular formula is C16H24Cl2N2O4S. The Hall–Kier alpha value is -1.02. The second kappa shape index (κ2) is 9.62. The van der Waals surface area contributed by atoms with Crippen molar-refractivity contribution in [2.45, 2.75) is 44.2 Å². The summed E-state index contributed by atoms with van der Waals surface area (Å²) < 4.78 is 28.1. The van der Waals surface area contributed by atoms with Crippen LogP contribution in [0.25, 0.3) is 0 Å². The fraction of sp³-hybridized carbons (Fsp3) is 0.562. The minimum Gasteiger partial charge on any atom is -0.489 e. The van der Waals surface area contributed by atoms with Crippen molar-refractivity contribution in [2.24, 2.45) is 5.73 Å². The van der Waals surface area contributed by atoms with Gasteiger partial charge in [-0.15, -0.1) is 12.4 Å². The van der Waals surface area contributed by atoms with E-state index in [1.165, 1.54) is 12.8 Å². The molecule has 25 heavy (non-hydrogen) atoms. The van der Waals surface area contributed by atoms with Crippen molar-refractivity contribution in [3.8, 4) is 5.75 Å². The number of ether oxygens (including phenoxy) is 1. The third-order valence-corrected chi connectivity index (χ3v) is 5.20. The van der Waals surface area contributed by atoms with Crippen molar-refractivity contribution in [3.63, 3.8) is 0 Å². The highest BCUT2D eigenvalue weighted by Gasteiger charge is 2.19. The minimum absolute atomic E-state index is 0. The molecule has 1 aliphatic carbocycles. The van der Waals surface area contributed by atoms with E-state index >= 15 is 0 Å². The molecule has 6 nitrogen and oxygen atoms in total. The molecule has 0 bridgehead atoms. The number of carbonyl (C=O) groups excluding carboxylic acids is 1. The average Bonchev–Trinajstić information content (AvgIpc) is 2.99. The predicted molar refractivity (Wildman–Crippen MR) is 103 cm³/mol. The highest BCUT2D eigenvalue weighted by Crippen LogP contribution is 2.31. The number of anilines is 1. The molecule has 1 unspecified atom stereocenters. The topological polar surface area (TPSA) is 98.5 Å². The molecule has 0 radical (unpaired) electrons. The highest BCUT2D eigenvalue weighted by atomic mass is 35.5. The molecule has 0 aliphatic heterocycles. The lowest BCUT2D eigenvalue weighted by atomic mass is 10.2. The van der Waals surface area contributed by atoms with Gasteiger partial charge in [-0.1, -0.05) is 11.6 Å². The number of halogens is 2. The third-order valence-electron chi connectivity index (χ3n) is 3.93. The van der Waals surface area contributed by atoms with Crippen LogP contribution in [-0.2, 0) is 14.6 Å². The molecule has 142 valence electrons. The molecule has 1 aromatic rings. The van der Waals surface area contributed by atoms with Crippen LogP contribution in [0.4, 0.5) is 5.69 Å². The first-order chi connectivity index (χ1) is 11.2. The van der Waals surface area contributed by atoms with Crippen molar-refractivity contribution < 1.29 is 17.9 Å². The smallest absolute Gasteiger partial charge is 0.241 e. The zero-order valence-corrected chi connectivity index (χ0v) is 16.4. The van der Waals surface area contributed by atoms with Gasteiger partial charge in [0.05, 0.1) is 22.9 Å². The molecule has 0 spiro atoms. The summed E-state index contributed by atoms with van der Waals surface area (Å²) in [6.07, 6.45) is 5.78. The zero-order valence-electron chi connectivity index (χ0n) is 14.0. The fourth-order valence-electron chi connectivity index (χ4n) is 2.57. The van der Waals surface area contributed by atoms with E-state index in [2.05, 4.69) is 5.32 Å². The van der Waals surface area contributed by atoms with Gasteiger partial charge in [0.2, 0.25) is 5.91 Å². The summed E-state index contributed by atoms with van der Waals surface area (Å²) in [6, 6.07) is 4.12. The van der Waals surface area contributed by atoms with Crippen molar-refractivity contribution in [2.75, 3.05) is 17.3 Å². The van der Waals surface area contributed by atoms with Gasteiger partial charge in [0.1, 0.15) is 15.6 Å². The van der Waals surface area contributed by atoms with Crippen LogP contribution in [0.1, 0.15) is 32.1 Å². The minimum atomic E-state index is -3.15. The quantitative estimate of drug-likeness (QED) is 0.719. The maximum Gasteiger partial charge on any atom is 0.241 e. The predicted octanol–water partition coefficient (Wildman–Crippen LogP) is 2.78. The van der Waals surface area contributed by atoms with Crippen LogP contribution in [0.5, 0.6) is 5.75 Å². The molecular weight excluding hydrogens is 387 g/mol. The second-order valence-electron chi connectivity index (χ2n) is 6.18. The molecule has 1 aromatic carbocycles. The second-order valence-corrected chi connectivity index (χ2v) is 8.85. The summed E-state index contributed by atoms with van der Waals surface area (Å²) in [5.74, 6) is 0.0263. The van der Waals surface area contributed by atoms with Gasteiger partial charge in [0.15, 0.2) is 0 Å². The van der Waals surface area contributed by atoms with Crippen LogP contribution in [0.3, 0.4) is 0 Å². The van der Waals surface area contributed by atoms with Gasteiger partial charge in [-0.05, 0) is 50.3 Å². The number of nitrogens with one attached hydrogen (secondary N) is 1. The maximum atomic E-state index is 12.0. The third kappa shape index (κ3) is 7.40. The van der Waals surface area contributed by atoms with Gasteiger partial charge in [-0.3, -0.25) is 4.79 Å². The van der Waals surface area contributed by atoms with E-state index in [4.69, 9.17) is 22.1 Å². The summed E-state index contributed by atoms with van der Waals surface area (Å²) in [7, 11) is -3.15.